The van der Waals surface area contributed by atoms with Gasteiger partial charge in [0.2, 0.25) is 0 Å². The van der Waals surface area contributed by atoms with Gasteiger partial charge in [-0.15, -0.1) is 0 Å². The summed E-state index contributed by atoms with van der Waals surface area (Å²) in [5.41, 5.74) is 0.908. The van der Waals surface area contributed by atoms with Gasteiger partial charge in [0.25, 0.3) is 0 Å². The zero-order chi connectivity index (χ0) is 8.97. The average molecular weight is 164 g/mol. The molecule has 0 aliphatic carbocycles. The normalized spacial score (nSPS) is 10.0. The molecule has 0 aliphatic heterocycles. The summed E-state index contributed by atoms with van der Waals surface area (Å²) in [5, 5.41) is 8.77. The fourth-order valence-electron chi connectivity index (χ4n) is 0.946. The first-order valence-corrected chi connectivity index (χ1v) is 4.09. The smallest absolute Gasteiger partial charge is 0.304 e. The van der Waals surface area contributed by atoms with E-state index in [9.17, 15) is 0 Å². The number of hydrogen-bond acceptors (Lipinski definition) is 2. The van der Waals surface area contributed by atoms with Gasteiger partial charge in [0.15, 0.2) is 0 Å². The molecule has 12 heavy (non-hydrogen) atoms. The van der Waals surface area contributed by atoms with Gasteiger partial charge in [-0.2, -0.15) is 0 Å². The van der Waals surface area contributed by atoms with Crippen molar-refractivity contribution in [3.05, 3.63) is 24.3 Å². The van der Waals surface area contributed by atoms with Gasteiger partial charge in [-0.1, -0.05) is 17.6 Å². The van der Waals surface area contributed by atoms with Crippen LogP contribution in [-0.2, 0) is 0 Å². The van der Waals surface area contributed by atoms with Gasteiger partial charge in [0.1, 0.15) is 5.75 Å². The molecule has 1 aromatic carbocycles. The first-order valence-electron chi connectivity index (χ1n) is 4.09. The molecule has 0 spiro atoms. The topological polar surface area (TPSA) is 29.5 Å². The number of hydrogen-bond donors (Lipinski definition) is 1. The van der Waals surface area contributed by atoms with Crippen molar-refractivity contribution in [1.29, 1.82) is 0 Å². The van der Waals surface area contributed by atoms with Crippen molar-refractivity contribution < 1.29 is 9.76 Å². The predicted octanol–water partition coefficient (Wildman–Crippen LogP) is 0.443. The second kappa shape index (κ2) is 4.17. The summed E-state index contributed by atoms with van der Waals surface area (Å²) in [6.07, 6.45) is 0.199. The third-order valence-corrected chi connectivity index (χ3v) is 1.48. The largest absolute Gasteiger partial charge is 0.491 e. The van der Waals surface area contributed by atoms with Gasteiger partial charge in [-0.05, 0) is 26.0 Å². The monoisotopic (exact) mass is 164 g/mol. The molecule has 0 saturated heterocycles. The van der Waals surface area contributed by atoms with Crippen molar-refractivity contribution in [3.63, 3.8) is 0 Å². The Labute approximate surface area is 73.5 Å². The van der Waals surface area contributed by atoms with Gasteiger partial charge in [-0.25, -0.2) is 0 Å². The highest BCUT2D eigenvalue weighted by molar-refractivity contribution is 6.45. The summed E-state index contributed by atoms with van der Waals surface area (Å²) in [4.78, 5) is 0. The molecule has 0 radical (unpaired) electrons. The third kappa shape index (κ3) is 2.59. The van der Waals surface area contributed by atoms with Gasteiger partial charge in [-0.3, -0.25) is 0 Å². The van der Waals surface area contributed by atoms with E-state index in [1.165, 1.54) is 0 Å². The van der Waals surface area contributed by atoms with Crippen molar-refractivity contribution in [3.8, 4) is 5.75 Å². The van der Waals surface area contributed by atoms with Crippen LogP contribution in [0.15, 0.2) is 24.3 Å². The summed E-state index contributed by atoms with van der Waals surface area (Å²) in [6.45, 7) is 3.97. The molecule has 1 aromatic rings. The zero-order valence-electron chi connectivity index (χ0n) is 7.45. The standard InChI is InChI=1S/C9H13BO2/c1-7(2)12-9-5-3-8(10-11)4-6-9/h3-7,10-11H,1-2H3. The molecule has 0 amide bonds. The first-order chi connectivity index (χ1) is 5.72. The highest BCUT2D eigenvalue weighted by atomic mass is 16.5. The van der Waals surface area contributed by atoms with Crippen molar-refractivity contribution in [2.45, 2.75) is 20.0 Å². The second-order valence-electron chi connectivity index (χ2n) is 2.97. The summed E-state index contributed by atoms with van der Waals surface area (Å²) < 4.78 is 5.43. The Morgan fingerprint density at radius 1 is 1.25 bits per heavy atom. The Morgan fingerprint density at radius 2 is 1.83 bits per heavy atom. The molecule has 1 N–H and O–H groups in total. The lowest BCUT2D eigenvalue weighted by Gasteiger charge is -2.09. The molecule has 0 atom stereocenters. The maximum absolute atomic E-state index is 8.77. The molecule has 3 heteroatoms. The molecular formula is C9H13BO2. The van der Waals surface area contributed by atoms with Crippen LogP contribution in [0.4, 0.5) is 0 Å². The molecule has 0 fully saturated rings. The molecule has 1 rings (SSSR count). The van der Waals surface area contributed by atoms with E-state index >= 15 is 0 Å². The molecule has 0 aromatic heterocycles. The van der Waals surface area contributed by atoms with Gasteiger partial charge >= 0.3 is 7.48 Å². The van der Waals surface area contributed by atoms with Crippen molar-refractivity contribution in [2.24, 2.45) is 0 Å². The molecule has 2 nitrogen and oxygen atoms in total. The highest BCUT2D eigenvalue weighted by Crippen LogP contribution is 2.09. The van der Waals surface area contributed by atoms with E-state index in [0.717, 1.165) is 11.2 Å². The Hall–Kier alpha value is -0.955. The quantitative estimate of drug-likeness (QED) is 0.657. The van der Waals surface area contributed by atoms with Crippen LogP contribution in [0.25, 0.3) is 0 Å². The van der Waals surface area contributed by atoms with Crippen LogP contribution in [-0.4, -0.2) is 18.6 Å². The fraction of sp³-hybridized carbons (Fsp3) is 0.333. The highest BCUT2D eigenvalue weighted by Gasteiger charge is 1.97. The van der Waals surface area contributed by atoms with E-state index in [0.29, 0.717) is 0 Å². The molecule has 0 aliphatic rings. The Balaban J connectivity index is 2.65. The minimum Gasteiger partial charge on any atom is -0.491 e. The van der Waals surface area contributed by atoms with Gasteiger partial charge < -0.3 is 9.76 Å². The van der Waals surface area contributed by atoms with E-state index < -0.39 is 0 Å². The van der Waals surface area contributed by atoms with Crippen LogP contribution in [0.3, 0.4) is 0 Å². The SMILES string of the molecule is CC(C)Oc1ccc(BO)cc1. The predicted molar refractivity (Wildman–Crippen MR) is 51.2 cm³/mol. The maximum atomic E-state index is 8.77. The van der Waals surface area contributed by atoms with Crippen molar-refractivity contribution in [1.82, 2.24) is 0 Å². The lowest BCUT2D eigenvalue weighted by Crippen LogP contribution is -2.13. The van der Waals surface area contributed by atoms with Crippen LogP contribution in [0.2, 0.25) is 0 Å². The van der Waals surface area contributed by atoms with E-state index in [1.807, 2.05) is 38.1 Å². The summed E-state index contributed by atoms with van der Waals surface area (Å²) in [6, 6.07) is 7.45. The van der Waals surface area contributed by atoms with Crippen LogP contribution >= 0.6 is 0 Å². The minimum absolute atomic E-state index is 0.0853. The average Bonchev–Trinajstić information content (AvgIpc) is 2.05. The van der Waals surface area contributed by atoms with Crippen molar-refractivity contribution in [2.75, 3.05) is 0 Å². The fourth-order valence-corrected chi connectivity index (χ4v) is 0.946. The van der Waals surface area contributed by atoms with Gasteiger partial charge in [0.05, 0.1) is 6.10 Å². The molecule has 0 bridgehead atoms. The van der Waals surface area contributed by atoms with Crippen LogP contribution in [0, 0.1) is 0 Å². The number of ether oxygens (including phenoxy) is 1. The lowest BCUT2D eigenvalue weighted by molar-refractivity contribution is 0.242. The zero-order valence-corrected chi connectivity index (χ0v) is 7.45. The van der Waals surface area contributed by atoms with Crippen LogP contribution in [0.5, 0.6) is 5.75 Å². The Morgan fingerprint density at radius 3 is 2.25 bits per heavy atom. The van der Waals surface area contributed by atoms with Crippen LogP contribution in [0.1, 0.15) is 13.8 Å². The minimum atomic E-state index is 0.0853. The molecule has 0 saturated carbocycles. The lowest BCUT2D eigenvalue weighted by atomic mass is 9.89. The first kappa shape index (κ1) is 9.14. The van der Waals surface area contributed by atoms with E-state index in [2.05, 4.69) is 0 Å². The van der Waals surface area contributed by atoms with Gasteiger partial charge in [0, 0.05) is 0 Å². The summed E-state index contributed by atoms with van der Waals surface area (Å²) in [7, 11) is 0.0853. The number of rotatable bonds is 3. The van der Waals surface area contributed by atoms with E-state index in [4.69, 9.17) is 9.76 Å². The Kier molecular flexibility index (Phi) is 3.17. The van der Waals surface area contributed by atoms with Crippen LogP contribution < -0.4 is 10.2 Å². The summed E-state index contributed by atoms with van der Waals surface area (Å²) in [5.74, 6) is 0.849. The molecule has 64 valence electrons. The third-order valence-electron chi connectivity index (χ3n) is 1.48. The second-order valence-corrected chi connectivity index (χ2v) is 2.97. The molecule has 0 heterocycles. The van der Waals surface area contributed by atoms with Crippen molar-refractivity contribution >= 4 is 12.9 Å². The number of benzene rings is 1. The summed E-state index contributed by atoms with van der Waals surface area (Å²) >= 11 is 0. The van der Waals surface area contributed by atoms with E-state index in [1.54, 1.807) is 0 Å². The maximum Gasteiger partial charge on any atom is 0.304 e. The molecular weight excluding hydrogens is 151 g/mol. The van der Waals surface area contributed by atoms with E-state index in [-0.39, 0.29) is 13.6 Å². The molecule has 0 unspecified atom stereocenters. The Bertz CT molecular complexity index is 231.